The van der Waals surface area contributed by atoms with Crippen LogP contribution in [0, 0.1) is 0 Å². The van der Waals surface area contributed by atoms with Crippen LogP contribution in [0.25, 0.3) is 0 Å². The molecule has 1 aromatic carbocycles. The third-order valence-corrected chi connectivity index (χ3v) is 5.21. The van der Waals surface area contributed by atoms with Gasteiger partial charge in [0.15, 0.2) is 0 Å². The first kappa shape index (κ1) is 18.0. The molecular weight excluding hydrogens is 284 g/mol. The number of carbonyl (C=O) groups is 1. The molecule has 0 aromatic heterocycles. The number of hydrogen-bond acceptors (Lipinski definition) is 2. The first-order valence-electron chi connectivity index (χ1n) is 8.89. The number of rotatable bonds is 7. The maximum Gasteiger partial charge on any atom is 0.220 e. The SMILES string of the molecule is CC(C)(CCC(=O)NCC(C)(C)N1CCCC1)c1ccccc1. The maximum absolute atomic E-state index is 12.3. The van der Waals surface area contributed by atoms with Gasteiger partial charge in [-0.15, -0.1) is 0 Å². The molecule has 0 spiro atoms. The number of carbonyl (C=O) groups excluding carboxylic acids is 1. The fourth-order valence-electron chi connectivity index (χ4n) is 3.30. The molecule has 128 valence electrons. The fourth-order valence-corrected chi connectivity index (χ4v) is 3.30. The monoisotopic (exact) mass is 316 g/mol. The molecule has 3 heteroatoms. The van der Waals surface area contributed by atoms with Crippen LogP contribution in [0.15, 0.2) is 30.3 Å². The van der Waals surface area contributed by atoms with E-state index >= 15 is 0 Å². The minimum Gasteiger partial charge on any atom is -0.354 e. The summed E-state index contributed by atoms with van der Waals surface area (Å²) in [4.78, 5) is 14.7. The van der Waals surface area contributed by atoms with Gasteiger partial charge < -0.3 is 5.32 Å². The molecule has 1 heterocycles. The second kappa shape index (κ2) is 7.48. The van der Waals surface area contributed by atoms with Crippen molar-refractivity contribution in [1.29, 1.82) is 0 Å². The van der Waals surface area contributed by atoms with E-state index < -0.39 is 0 Å². The van der Waals surface area contributed by atoms with E-state index in [9.17, 15) is 4.79 Å². The average molecular weight is 316 g/mol. The Morgan fingerprint density at radius 3 is 2.30 bits per heavy atom. The van der Waals surface area contributed by atoms with Crippen LogP contribution in [0.4, 0.5) is 0 Å². The third kappa shape index (κ3) is 5.07. The van der Waals surface area contributed by atoms with Gasteiger partial charge in [0.25, 0.3) is 0 Å². The van der Waals surface area contributed by atoms with Crippen LogP contribution in [-0.4, -0.2) is 36.0 Å². The van der Waals surface area contributed by atoms with E-state index in [-0.39, 0.29) is 16.9 Å². The molecule has 1 saturated heterocycles. The Morgan fingerprint density at radius 2 is 1.70 bits per heavy atom. The molecular formula is C20H32N2O. The van der Waals surface area contributed by atoms with E-state index in [4.69, 9.17) is 0 Å². The Bertz CT molecular complexity index is 502. The van der Waals surface area contributed by atoms with Gasteiger partial charge in [-0.1, -0.05) is 44.2 Å². The summed E-state index contributed by atoms with van der Waals surface area (Å²) >= 11 is 0. The molecule has 0 saturated carbocycles. The normalized spacial score (nSPS) is 16.5. The van der Waals surface area contributed by atoms with Crippen molar-refractivity contribution in [3.63, 3.8) is 0 Å². The van der Waals surface area contributed by atoms with Gasteiger partial charge in [-0.25, -0.2) is 0 Å². The summed E-state index contributed by atoms with van der Waals surface area (Å²) in [5, 5.41) is 3.14. The fraction of sp³-hybridized carbons (Fsp3) is 0.650. The minimum absolute atomic E-state index is 0.0308. The predicted molar refractivity (Wildman–Crippen MR) is 96.6 cm³/mol. The molecule has 1 aromatic rings. The Balaban J connectivity index is 1.78. The molecule has 1 N–H and O–H groups in total. The lowest BCUT2D eigenvalue weighted by atomic mass is 9.80. The van der Waals surface area contributed by atoms with Crippen molar-refractivity contribution >= 4 is 5.91 Å². The Morgan fingerprint density at radius 1 is 1.09 bits per heavy atom. The molecule has 1 amide bonds. The summed E-state index contributed by atoms with van der Waals surface area (Å²) < 4.78 is 0. The van der Waals surface area contributed by atoms with Gasteiger partial charge in [-0.3, -0.25) is 9.69 Å². The Kier molecular flexibility index (Phi) is 5.85. The lowest BCUT2D eigenvalue weighted by molar-refractivity contribution is -0.122. The third-order valence-electron chi connectivity index (χ3n) is 5.21. The highest BCUT2D eigenvalue weighted by Crippen LogP contribution is 2.28. The lowest BCUT2D eigenvalue weighted by Crippen LogP contribution is -2.50. The number of benzene rings is 1. The van der Waals surface area contributed by atoms with Crippen molar-refractivity contribution in [2.24, 2.45) is 0 Å². The molecule has 0 radical (unpaired) electrons. The summed E-state index contributed by atoms with van der Waals surface area (Å²) in [6, 6.07) is 10.5. The highest BCUT2D eigenvalue weighted by Gasteiger charge is 2.29. The van der Waals surface area contributed by atoms with Gasteiger partial charge in [0.2, 0.25) is 5.91 Å². The van der Waals surface area contributed by atoms with Crippen molar-refractivity contribution in [2.75, 3.05) is 19.6 Å². The molecule has 2 rings (SSSR count). The number of nitrogens with one attached hydrogen (secondary N) is 1. The second-order valence-corrected chi connectivity index (χ2v) is 8.03. The van der Waals surface area contributed by atoms with Crippen LogP contribution >= 0.6 is 0 Å². The van der Waals surface area contributed by atoms with Gasteiger partial charge >= 0.3 is 0 Å². The smallest absolute Gasteiger partial charge is 0.220 e. The van der Waals surface area contributed by atoms with Crippen molar-refractivity contribution in [1.82, 2.24) is 10.2 Å². The zero-order valence-electron chi connectivity index (χ0n) is 15.2. The van der Waals surface area contributed by atoms with Crippen LogP contribution < -0.4 is 5.32 Å². The maximum atomic E-state index is 12.3. The van der Waals surface area contributed by atoms with Crippen molar-refractivity contribution in [3.05, 3.63) is 35.9 Å². The molecule has 0 aliphatic carbocycles. The number of likely N-dealkylation sites (tertiary alicyclic amines) is 1. The van der Waals surface area contributed by atoms with Crippen LogP contribution in [0.3, 0.4) is 0 Å². The van der Waals surface area contributed by atoms with E-state index in [0.29, 0.717) is 6.42 Å². The van der Waals surface area contributed by atoms with Gasteiger partial charge in [0.05, 0.1) is 0 Å². The zero-order valence-corrected chi connectivity index (χ0v) is 15.2. The van der Waals surface area contributed by atoms with E-state index in [2.05, 4.69) is 62.2 Å². The van der Waals surface area contributed by atoms with E-state index in [1.807, 2.05) is 6.07 Å². The first-order valence-corrected chi connectivity index (χ1v) is 8.89. The predicted octanol–water partition coefficient (Wildman–Crippen LogP) is 3.74. The molecule has 1 fully saturated rings. The largest absolute Gasteiger partial charge is 0.354 e. The first-order chi connectivity index (χ1) is 10.8. The summed E-state index contributed by atoms with van der Waals surface area (Å²) in [5.41, 5.74) is 1.38. The highest BCUT2D eigenvalue weighted by atomic mass is 16.1. The van der Waals surface area contributed by atoms with E-state index in [1.165, 1.54) is 18.4 Å². The van der Waals surface area contributed by atoms with Crippen molar-refractivity contribution < 1.29 is 4.79 Å². The molecule has 0 bridgehead atoms. The molecule has 0 atom stereocenters. The van der Waals surface area contributed by atoms with Crippen LogP contribution in [0.5, 0.6) is 0 Å². The molecule has 1 aliphatic heterocycles. The quantitative estimate of drug-likeness (QED) is 0.831. The summed E-state index contributed by atoms with van der Waals surface area (Å²) in [6.45, 7) is 11.9. The van der Waals surface area contributed by atoms with E-state index in [1.54, 1.807) is 0 Å². The number of hydrogen-bond donors (Lipinski definition) is 1. The summed E-state index contributed by atoms with van der Waals surface area (Å²) in [5.74, 6) is 0.168. The molecule has 1 aliphatic rings. The van der Waals surface area contributed by atoms with E-state index in [0.717, 1.165) is 26.1 Å². The van der Waals surface area contributed by atoms with Crippen LogP contribution in [0.2, 0.25) is 0 Å². The van der Waals surface area contributed by atoms with Gasteiger partial charge in [0.1, 0.15) is 0 Å². The van der Waals surface area contributed by atoms with Gasteiger partial charge in [-0.05, 0) is 57.2 Å². The zero-order chi connectivity index (χ0) is 16.9. The molecule has 0 unspecified atom stereocenters. The average Bonchev–Trinajstić information content (AvgIpc) is 3.07. The topological polar surface area (TPSA) is 32.3 Å². The second-order valence-electron chi connectivity index (χ2n) is 8.03. The number of nitrogens with zero attached hydrogens (tertiary/aromatic N) is 1. The number of amides is 1. The highest BCUT2D eigenvalue weighted by molar-refractivity contribution is 5.76. The molecule has 23 heavy (non-hydrogen) atoms. The standard InChI is InChI=1S/C20H32N2O/c1-19(2,17-10-6-5-7-11-17)13-12-18(23)21-16-20(3,4)22-14-8-9-15-22/h5-7,10-11H,8-9,12-16H2,1-4H3,(H,21,23). The van der Waals surface area contributed by atoms with Crippen LogP contribution in [0.1, 0.15) is 58.9 Å². The van der Waals surface area contributed by atoms with Crippen LogP contribution in [-0.2, 0) is 10.2 Å². The van der Waals surface area contributed by atoms with Gasteiger partial charge in [0, 0.05) is 18.5 Å². The van der Waals surface area contributed by atoms with Gasteiger partial charge in [-0.2, -0.15) is 0 Å². The Hall–Kier alpha value is -1.35. The minimum atomic E-state index is 0.0308. The Labute approximate surface area is 141 Å². The van der Waals surface area contributed by atoms with Crippen molar-refractivity contribution in [3.8, 4) is 0 Å². The lowest BCUT2D eigenvalue weighted by Gasteiger charge is -2.35. The van der Waals surface area contributed by atoms with Crippen molar-refractivity contribution in [2.45, 2.75) is 64.3 Å². The summed E-state index contributed by atoms with van der Waals surface area (Å²) in [6.07, 6.45) is 4.01. The summed E-state index contributed by atoms with van der Waals surface area (Å²) in [7, 11) is 0. The molecule has 3 nitrogen and oxygen atoms in total.